The summed E-state index contributed by atoms with van der Waals surface area (Å²) in [6.45, 7) is 0.842. The third-order valence-electron chi connectivity index (χ3n) is 2.60. The molecule has 0 unspecified atom stereocenters. The maximum Gasteiger partial charge on any atom is 0.257 e. The van der Waals surface area contributed by atoms with E-state index in [1.165, 1.54) is 0 Å². The second-order valence-electron chi connectivity index (χ2n) is 4.21. The molecule has 2 N–H and O–H groups in total. The number of halogens is 1. The van der Waals surface area contributed by atoms with Gasteiger partial charge in [-0.15, -0.1) is 0 Å². The predicted octanol–water partition coefficient (Wildman–Crippen LogP) is 2.39. The Balaban J connectivity index is 2.10. The predicted molar refractivity (Wildman–Crippen MR) is 75.5 cm³/mol. The topological polar surface area (TPSA) is 58.6 Å². The molecule has 1 aromatic carbocycles. The molecule has 0 heterocycles. The monoisotopic (exact) mass is 285 g/mol. The van der Waals surface area contributed by atoms with Crippen LogP contribution in [0.25, 0.3) is 0 Å². The highest BCUT2D eigenvalue weighted by molar-refractivity contribution is 6.32. The van der Waals surface area contributed by atoms with Crippen LogP contribution in [0.2, 0.25) is 5.02 Å². The molecule has 106 valence electrons. The average Bonchev–Trinajstić information content (AvgIpc) is 2.42. The maximum absolute atomic E-state index is 11.5. The van der Waals surface area contributed by atoms with Gasteiger partial charge in [0, 0.05) is 13.2 Å². The molecular weight excluding hydrogens is 266 g/mol. The molecule has 5 heteroatoms. The minimum atomic E-state index is -0.151. The van der Waals surface area contributed by atoms with Crippen molar-refractivity contribution < 1.29 is 14.6 Å². The second-order valence-corrected chi connectivity index (χ2v) is 4.61. The Morgan fingerprint density at radius 2 is 1.95 bits per heavy atom. The van der Waals surface area contributed by atoms with Crippen molar-refractivity contribution in [3.05, 3.63) is 29.3 Å². The SMILES string of the molecule is O=C(COc1ccccc1Cl)NCCCCCCO. The summed E-state index contributed by atoms with van der Waals surface area (Å²) >= 11 is 5.91. The summed E-state index contributed by atoms with van der Waals surface area (Å²) in [5, 5.41) is 11.9. The Hall–Kier alpha value is -1.26. The van der Waals surface area contributed by atoms with Crippen molar-refractivity contribution in [2.75, 3.05) is 19.8 Å². The molecule has 1 rings (SSSR count). The number of ether oxygens (including phenoxy) is 1. The molecule has 4 nitrogen and oxygen atoms in total. The minimum Gasteiger partial charge on any atom is -0.482 e. The average molecular weight is 286 g/mol. The Morgan fingerprint density at radius 1 is 1.21 bits per heavy atom. The molecule has 0 aliphatic heterocycles. The lowest BCUT2D eigenvalue weighted by atomic mass is 10.2. The number of hydrogen-bond donors (Lipinski definition) is 2. The van der Waals surface area contributed by atoms with Crippen molar-refractivity contribution in [3.63, 3.8) is 0 Å². The van der Waals surface area contributed by atoms with Crippen LogP contribution in [0.1, 0.15) is 25.7 Å². The van der Waals surface area contributed by atoms with Crippen LogP contribution in [0, 0.1) is 0 Å². The van der Waals surface area contributed by atoms with E-state index in [0.29, 0.717) is 17.3 Å². The normalized spacial score (nSPS) is 10.2. The van der Waals surface area contributed by atoms with Crippen LogP contribution >= 0.6 is 11.6 Å². The Morgan fingerprint density at radius 3 is 2.68 bits per heavy atom. The highest BCUT2D eigenvalue weighted by Crippen LogP contribution is 2.22. The van der Waals surface area contributed by atoms with E-state index < -0.39 is 0 Å². The minimum absolute atomic E-state index is 0.0274. The van der Waals surface area contributed by atoms with Crippen LogP contribution in [-0.4, -0.2) is 30.8 Å². The molecule has 0 bridgehead atoms. The quantitative estimate of drug-likeness (QED) is 0.685. The van der Waals surface area contributed by atoms with Crippen LogP contribution in [0.15, 0.2) is 24.3 Å². The molecule has 0 saturated carbocycles. The van der Waals surface area contributed by atoms with E-state index in [1.54, 1.807) is 18.2 Å². The highest BCUT2D eigenvalue weighted by Gasteiger charge is 2.04. The highest BCUT2D eigenvalue weighted by atomic mass is 35.5. The van der Waals surface area contributed by atoms with Crippen LogP contribution in [0.5, 0.6) is 5.75 Å². The summed E-state index contributed by atoms with van der Waals surface area (Å²) in [7, 11) is 0. The molecule has 0 aliphatic rings. The van der Waals surface area contributed by atoms with Gasteiger partial charge in [-0.3, -0.25) is 4.79 Å². The van der Waals surface area contributed by atoms with Crippen LogP contribution in [-0.2, 0) is 4.79 Å². The molecule has 1 amide bonds. The summed E-state index contributed by atoms with van der Waals surface area (Å²) in [6, 6.07) is 7.06. The number of aliphatic hydroxyl groups excluding tert-OH is 1. The van der Waals surface area contributed by atoms with E-state index >= 15 is 0 Å². The van der Waals surface area contributed by atoms with E-state index in [-0.39, 0.29) is 19.1 Å². The summed E-state index contributed by atoms with van der Waals surface area (Å²) in [4.78, 5) is 11.5. The van der Waals surface area contributed by atoms with Crippen molar-refractivity contribution in [2.24, 2.45) is 0 Å². The number of carbonyl (C=O) groups is 1. The van der Waals surface area contributed by atoms with Gasteiger partial charge in [-0.05, 0) is 25.0 Å². The van der Waals surface area contributed by atoms with Gasteiger partial charge in [-0.25, -0.2) is 0 Å². The zero-order chi connectivity index (χ0) is 13.9. The number of benzene rings is 1. The van der Waals surface area contributed by atoms with Crippen molar-refractivity contribution >= 4 is 17.5 Å². The number of hydrogen-bond acceptors (Lipinski definition) is 3. The number of para-hydroxylation sites is 1. The fourth-order valence-electron chi connectivity index (χ4n) is 1.57. The number of aliphatic hydroxyl groups is 1. The zero-order valence-corrected chi connectivity index (χ0v) is 11.7. The smallest absolute Gasteiger partial charge is 0.257 e. The number of carbonyl (C=O) groups excluding carboxylic acids is 1. The lowest BCUT2D eigenvalue weighted by Crippen LogP contribution is -2.29. The van der Waals surface area contributed by atoms with Crippen LogP contribution in [0.4, 0.5) is 0 Å². The standard InChI is InChI=1S/C14H20ClNO3/c15-12-7-3-4-8-13(12)19-11-14(18)16-9-5-1-2-6-10-17/h3-4,7-8,17H,1-2,5-6,9-11H2,(H,16,18). The lowest BCUT2D eigenvalue weighted by Gasteiger charge is -2.08. The second kappa shape index (κ2) is 9.64. The Kier molecular flexibility index (Phi) is 8.02. The van der Waals surface area contributed by atoms with Gasteiger partial charge in [0.15, 0.2) is 6.61 Å². The molecule has 0 spiro atoms. The van der Waals surface area contributed by atoms with E-state index in [1.807, 2.05) is 6.07 Å². The first-order chi connectivity index (χ1) is 9.24. The lowest BCUT2D eigenvalue weighted by molar-refractivity contribution is -0.123. The van der Waals surface area contributed by atoms with Gasteiger partial charge < -0.3 is 15.2 Å². The first-order valence-corrected chi connectivity index (χ1v) is 6.86. The van der Waals surface area contributed by atoms with Crippen molar-refractivity contribution in [3.8, 4) is 5.75 Å². The summed E-state index contributed by atoms with van der Waals surface area (Å²) in [6.07, 6.45) is 3.73. The van der Waals surface area contributed by atoms with Gasteiger partial charge >= 0.3 is 0 Å². The summed E-state index contributed by atoms with van der Waals surface area (Å²) in [5.41, 5.74) is 0. The summed E-state index contributed by atoms with van der Waals surface area (Å²) < 4.78 is 5.32. The van der Waals surface area contributed by atoms with Gasteiger partial charge in [0.25, 0.3) is 5.91 Å². The van der Waals surface area contributed by atoms with Crippen molar-refractivity contribution in [1.29, 1.82) is 0 Å². The van der Waals surface area contributed by atoms with Crippen molar-refractivity contribution in [1.82, 2.24) is 5.32 Å². The number of rotatable bonds is 9. The van der Waals surface area contributed by atoms with Crippen LogP contribution < -0.4 is 10.1 Å². The number of amides is 1. The first-order valence-electron chi connectivity index (χ1n) is 6.49. The van der Waals surface area contributed by atoms with Gasteiger partial charge in [0.2, 0.25) is 0 Å². The van der Waals surface area contributed by atoms with E-state index in [2.05, 4.69) is 5.32 Å². The van der Waals surface area contributed by atoms with E-state index in [4.69, 9.17) is 21.4 Å². The summed E-state index contributed by atoms with van der Waals surface area (Å²) in [5.74, 6) is 0.365. The third-order valence-corrected chi connectivity index (χ3v) is 2.91. The Bertz CT molecular complexity index is 385. The van der Waals surface area contributed by atoms with E-state index in [0.717, 1.165) is 25.7 Å². The fraction of sp³-hybridized carbons (Fsp3) is 0.500. The first kappa shape index (κ1) is 15.8. The van der Waals surface area contributed by atoms with Gasteiger partial charge in [-0.1, -0.05) is 36.6 Å². The molecule has 0 aliphatic carbocycles. The maximum atomic E-state index is 11.5. The van der Waals surface area contributed by atoms with Crippen LogP contribution in [0.3, 0.4) is 0 Å². The Labute approximate surface area is 118 Å². The van der Waals surface area contributed by atoms with Crippen molar-refractivity contribution in [2.45, 2.75) is 25.7 Å². The molecule has 0 atom stereocenters. The molecule has 0 radical (unpaired) electrons. The van der Waals surface area contributed by atoms with E-state index in [9.17, 15) is 4.79 Å². The third kappa shape index (κ3) is 7.03. The molecule has 0 fully saturated rings. The molecule has 1 aromatic rings. The largest absolute Gasteiger partial charge is 0.482 e. The molecule has 0 aromatic heterocycles. The molecule has 0 saturated heterocycles. The number of nitrogens with one attached hydrogen (secondary N) is 1. The zero-order valence-electron chi connectivity index (χ0n) is 10.9. The number of unbranched alkanes of at least 4 members (excludes halogenated alkanes) is 3. The molecular formula is C14H20ClNO3. The van der Waals surface area contributed by atoms with Gasteiger partial charge in [0.1, 0.15) is 5.75 Å². The van der Waals surface area contributed by atoms with Gasteiger partial charge in [-0.2, -0.15) is 0 Å². The molecule has 19 heavy (non-hydrogen) atoms. The van der Waals surface area contributed by atoms with Gasteiger partial charge in [0.05, 0.1) is 5.02 Å². The fourth-order valence-corrected chi connectivity index (χ4v) is 1.76.